The largest absolute Gasteiger partial charge is 0.354 e. The second-order valence-corrected chi connectivity index (χ2v) is 8.21. The minimum absolute atomic E-state index is 0.0156. The van der Waals surface area contributed by atoms with Gasteiger partial charge in [0.25, 0.3) is 5.56 Å². The SMILES string of the molecule is CCCNCCNC(=O)CSCc1nc2sc3c(c2c(=O)[nH]1)CCC3. The number of H-pyrrole nitrogens is 1. The average molecular weight is 381 g/mol. The molecule has 1 aliphatic carbocycles. The van der Waals surface area contributed by atoms with E-state index in [1.54, 1.807) is 11.3 Å². The Labute approximate surface area is 155 Å². The van der Waals surface area contributed by atoms with Gasteiger partial charge in [-0.2, -0.15) is 0 Å². The Morgan fingerprint density at radius 3 is 3.04 bits per heavy atom. The molecular formula is C17H24N4O2S2. The fourth-order valence-electron chi connectivity index (χ4n) is 3.00. The van der Waals surface area contributed by atoms with Crippen LogP contribution in [0, 0.1) is 0 Å². The standard InChI is InChI=1S/C17H24N4O2S2/c1-2-6-18-7-8-19-14(22)10-24-9-13-20-16(23)15-11-4-3-5-12(11)25-17(15)21-13/h18H,2-10H2,1H3,(H,19,22)(H,20,21,23). The molecule has 136 valence electrons. The number of rotatable bonds is 9. The number of carbonyl (C=O) groups is 1. The zero-order valence-electron chi connectivity index (χ0n) is 14.4. The zero-order valence-corrected chi connectivity index (χ0v) is 16.1. The molecule has 2 heterocycles. The summed E-state index contributed by atoms with van der Waals surface area (Å²) in [6, 6.07) is 0. The molecule has 2 aromatic heterocycles. The van der Waals surface area contributed by atoms with Crippen molar-refractivity contribution in [1.29, 1.82) is 0 Å². The number of hydrogen-bond donors (Lipinski definition) is 3. The zero-order chi connectivity index (χ0) is 17.6. The van der Waals surface area contributed by atoms with Crippen molar-refractivity contribution < 1.29 is 4.79 Å². The lowest BCUT2D eigenvalue weighted by molar-refractivity contribution is -0.118. The number of carbonyl (C=O) groups excluding carboxylic acids is 1. The molecule has 8 heteroatoms. The smallest absolute Gasteiger partial charge is 0.259 e. The molecule has 25 heavy (non-hydrogen) atoms. The number of hydrogen-bond acceptors (Lipinski definition) is 6. The van der Waals surface area contributed by atoms with Crippen LogP contribution in [0.2, 0.25) is 0 Å². The average Bonchev–Trinajstić information content (AvgIpc) is 3.15. The van der Waals surface area contributed by atoms with Crippen molar-refractivity contribution in [1.82, 2.24) is 20.6 Å². The second kappa shape index (κ2) is 8.82. The van der Waals surface area contributed by atoms with Crippen LogP contribution in [-0.4, -0.2) is 41.3 Å². The number of aromatic amines is 1. The predicted octanol–water partition coefficient (Wildman–Crippen LogP) is 1.82. The Kier molecular flexibility index (Phi) is 6.50. The summed E-state index contributed by atoms with van der Waals surface area (Å²) in [5.41, 5.74) is 1.16. The minimum atomic E-state index is -0.0357. The number of aryl methyl sites for hydroxylation is 2. The number of nitrogens with zero attached hydrogens (tertiary/aromatic N) is 1. The van der Waals surface area contributed by atoms with Crippen molar-refractivity contribution in [3.05, 3.63) is 26.6 Å². The van der Waals surface area contributed by atoms with Gasteiger partial charge < -0.3 is 15.6 Å². The summed E-state index contributed by atoms with van der Waals surface area (Å²) in [5, 5.41) is 6.90. The lowest BCUT2D eigenvalue weighted by Gasteiger charge is -2.06. The number of amides is 1. The van der Waals surface area contributed by atoms with E-state index in [-0.39, 0.29) is 11.5 Å². The Morgan fingerprint density at radius 1 is 1.32 bits per heavy atom. The molecule has 0 saturated carbocycles. The molecule has 0 spiro atoms. The monoisotopic (exact) mass is 380 g/mol. The molecule has 0 aliphatic heterocycles. The Bertz CT molecular complexity index is 800. The maximum atomic E-state index is 12.4. The predicted molar refractivity (Wildman–Crippen MR) is 105 cm³/mol. The fraction of sp³-hybridized carbons (Fsp3) is 0.588. The van der Waals surface area contributed by atoms with Gasteiger partial charge in [0.1, 0.15) is 10.7 Å². The molecule has 3 rings (SSSR count). The van der Waals surface area contributed by atoms with Gasteiger partial charge in [-0.25, -0.2) is 4.98 Å². The molecule has 3 N–H and O–H groups in total. The van der Waals surface area contributed by atoms with Gasteiger partial charge in [-0.15, -0.1) is 23.1 Å². The first-order chi connectivity index (χ1) is 12.2. The maximum Gasteiger partial charge on any atom is 0.259 e. The second-order valence-electron chi connectivity index (χ2n) is 6.14. The topological polar surface area (TPSA) is 86.9 Å². The third-order valence-corrected chi connectivity index (χ3v) is 6.28. The lowest BCUT2D eigenvalue weighted by atomic mass is 10.2. The van der Waals surface area contributed by atoms with Gasteiger partial charge in [-0.3, -0.25) is 9.59 Å². The molecule has 0 fully saturated rings. The van der Waals surface area contributed by atoms with Gasteiger partial charge in [-0.05, 0) is 37.8 Å². The number of thiophene rings is 1. The first-order valence-electron chi connectivity index (χ1n) is 8.77. The fourth-order valence-corrected chi connectivity index (χ4v) is 5.00. The van der Waals surface area contributed by atoms with Crippen LogP contribution in [0.5, 0.6) is 0 Å². The van der Waals surface area contributed by atoms with Gasteiger partial charge in [-0.1, -0.05) is 6.92 Å². The highest BCUT2D eigenvalue weighted by molar-refractivity contribution is 7.99. The van der Waals surface area contributed by atoms with E-state index in [0.29, 0.717) is 23.9 Å². The van der Waals surface area contributed by atoms with Gasteiger partial charge >= 0.3 is 0 Å². The minimum Gasteiger partial charge on any atom is -0.354 e. The van der Waals surface area contributed by atoms with Gasteiger partial charge in [0.15, 0.2) is 0 Å². The summed E-state index contributed by atoms with van der Waals surface area (Å²) in [6.07, 6.45) is 4.28. The molecule has 0 radical (unpaired) electrons. The number of nitrogens with one attached hydrogen (secondary N) is 3. The highest BCUT2D eigenvalue weighted by Gasteiger charge is 2.21. The molecule has 0 atom stereocenters. The quantitative estimate of drug-likeness (QED) is 0.578. The van der Waals surface area contributed by atoms with Crippen LogP contribution in [0.4, 0.5) is 0 Å². The highest BCUT2D eigenvalue weighted by Crippen LogP contribution is 2.34. The summed E-state index contributed by atoms with van der Waals surface area (Å²) < 4.78 is 0. The first-order valence-corrected chi connectivity index (χ1v) is 10.7. The van der Waals surface area contributed by atoms with E-state index in [1.807, 2.05) is 0 Å². The van der Waals surface area contributed by atoms with Crippen LogP contribution in [0.25, 0.3) is 10.2 Å². The van der Waals surface area contributed by atoms with Crippen LogP contribution < -0.4 is 16.2 Å². The summed E-state index contributed by atoms with van der Waals surface area (Å²) >= 11 is 3.12. The Hall–Kier alpha value is -1.38. The van der Waals surface area contributed by atoms with Gasteiger partial charge in [0.05, 0.1) is 16.9 Å². The molecule has 1 amide bonds. The van der Waals surface area contributed by atoms with Crippen LogP contribution in [0.1, 0.15) is 36.0 Å². The lowest BCUT2D eigenvalue weighted by Crippen LogP contribution is -2.33. The van der Waals surface area contributed by atoms with Crippen molar-refractivity contribution in [2.24, 2.45) is 0 Å². The Balaban J connectivity index is 1.49. The molecule has 0 bridgehead atoms. The van der Waals surface area contributed by atoms with E-state index in [0.717, 1.165) is 49.0 Å². The molecule has 1 aliphatic rings. The number of thioether (sulfide) groups is 1. The van der Waals surface area contributed by atoms with Crippen LogP contribution >= 0.6 is 23.1 Å². The summed E-state index contributed by atoms with van der Waals surface area (Å²) in [5.74, 6) is 1.58. The van der Waals surface area contributed by atoms with Crippen molar-refractivity contribution in [2.45, 2.75) is 38.4 Å². The summed E-state index contributed by atoms with van der Waals surface area (Å²) in [4.78, 5) is 33.8. The summed E-state index contributed by atoms with van der Waals surface area (Å²) in [7, 11) is 0. The normalized spacial score (nSPS) is 13.3. The first kappa shape index (κ1) is 18.4. The number of fused-ring (bicyclic) bond motifs is 3. The van der Waals surface area contributed by atoms with Crippen molar-refractivity contribution in [3.63, 3.8) is 0 Å². The third kappa shape index (κ3) is 4.62. The van der Waals surface area contributed by atoms with E-state index in [2.05, 4.69) is 27.5 Å². The van der Waals surface area contributed by atoms with E-state index in [4.69, 9.17) is 0 Å². The van der Waals surface area contributed by atoms with E-state index < -0.39 is 0 Å². The van der Waals surface area contributed by atoms with Gasteiger partial charge in [0, 0.05) is 18.0 Å². The van der Waals surface area contributed by atoms with Crippen molar-refractivity contribution in [2.75, 3.05) is 25.4 Å². The Morgan fingerprint density at radius 2 is 2.20 bits per heavy atom. The highest BCUT2D eigenvalue weighted by atomic mass is 32.2. The van der Waals surface area contributed by atoms with E-state index in [9.17, 15) is 9.59 Å². The van der Waals surface area contributed by atoms with Crippen molar-refractivity contribution in [3.8, 4) is 0 Å². The number of aromatic nitrogens is 2. The molecule has 2 aromatic rings. The molecule has 0 aromatic carbocycles. The van der Waals surface area contributed by atoms with E-state index >= 15 is 0 Å². The van der Waals surface area contributed by atoms with Crippen molar-refractivity contribution >= 4 is 39.2 Å². The molecule has 6 nitrogen and oxygen atoms in total. The maximum absolute atomic E-state index is 12.4. The third-order valence-electron chi connectivity index (χ3n) is 4.15. The molecule has 0 unspecified atom stereocenters. The van der Waals surface area contributed by atoms with Crippen LogP contribution in [-0.2, 0) is 23.4 Å². The molecular weight excluding hydrogens is 356 g/mol. The van der Waals surface area contributed by atoms with Crippen LogP contribution in [0.15, 0.2) is 4.79 Å². The van der Waals surface area contributed by atoms with E-state index in [1.165, 1.54) is 22.2 Å². The van der Waals surface area contributed by atoms with Crippen LogP contribution in [0.3, 0.4) is 0 Å². The molecule has 0 saturated heterocycles. The summed E-state index contributed by atoms with van der Waals surface area (Å²) in [6.45, 7) is 4.51. The van der Waals surface area contributed by atoms with Gasteiger partial charge in [0.2, 0.25) is 5.91 Å².